The van der Waals surface area contributed by atoms with Crippen LogP contribution in [0.5, 0.6) is 0 Å². The van der Waals surface area contributed by atoms with E-state index in [1.807, 2.05) is 6.07 Å². The molecule has 86 valence electrons. The predicted octanol–water partition coefficient (Wildman–Crippen LogP) is 4.29. The van der Waals surface area contributed by atoms with Crippen molar-refractivity contribution in [3.05, 3.63) is 24.3 Å². The van der Waals surface area contributed by atoms with Gasteiger partial charge in [-0.25, -0.2) is 0 Å². The fourth-order valence-corrected chi connectivity index (χ4v) is 2.74. The second kappa shape index (κ2) is 5.30. The van der Waals surface area contributed by atoms with E-state index in [2.05, 4.69) is 41.7 Å². The molecule has 1 aromatic heterocycles. The van der Waals surface area contributed by atoms with E-state index in [1.54, 1.807) is 11.5 Å². The van der Waals surface area contributed by atoms with Gasteiger partial charge in [0.1, 0.15) is 5.00 Å². The molecule has 1 N–H and O–H groups in total. The average Bonchev–Trinajstić information content (AvgIpc) is 2.72. The minimum absolute atomic E-state index is 0.578. The van der Waals surface area contributed by atoms with Gasteiger partial charge in [-0.3, -0.25) is 0 Å². The van der Waals surface area contributed by atoms with Crippen LogP contribution >= 0.6 is 11.5 Å². The second-order valence-electron chi connectivity index (χ2n) is 4.07. The van der Waals surface area contributed by atoms with Crippen LogP contribution in [0, 0.1) is 0 Å². The Balaban J connectivity index is 2.20. The van der Waals surface area contributed by atoms with Crippen molar-refractivity contribution in [2.45, 2.75) is 39.2 Å². The first kappa shape index (κ1) is 11.4. The average molecular weight is 234 g/mol. The summed E-state index contributed by atoms with van der Waals surface area (Å²) in [5.74, 6) is 0. The first-order valence-electron chi connectivity index (χ1n) is 5.96. The molecule has 1 atom stereocenters. The Morgan fingerprint density at radius 2 is 2.12 bits per heavy atom. The minimum Gasteiger partial charge on any atom is -0.372 e. The number of hydrogen-bond acceptors (Lipinski definition) is 3. The smallest absolute Gasteiger partial charge is 0.117 e. The monoisotopic (exact) mass is 234 g/mol. The molecule has 1 aromatic carbocycles. The summed E-state index contributed by atoms with van der Waals surface area (Å²) in [6.07, 6.45) is 3.62. The zero-order valence-corrected chi connectivity index (χ0v) is 10.7. The number of rotatable bonds is 5. The molecular formula is C13H18N2S. The lowest BCUT2D eigenvalue weighted by Crippen LogP contribution is -2.17. The van der Waals surface area contributed by atoms with Crippen molar-refractivity contribution in [1.82, 2.24) is 4.37 Å². The highest BCUT2D eigenvalue weighted by molar-refractivity contribution is 7.11. The molecule has 0 aliphatic heterocycles. The van der Waals surface area contributed by atoms with Crippen LogP contribution in [0.3, 0.4) is 0 Å². The van der Waals surface area contributed by atoms with Gasteiger partial charge in [-0.1, -0.05) is 32.4 Å². The van der Waals surface area contributed by atoms with Gasteiger partial charge in [0.15, 0.2) is 0 Å². The van der Waals surface area contributed by atoms with Gasteiger partial charge >= 0.3 is 0 Å². The number of nitrogens with zero attached hydrogens (tertiary/aromatic N) is 1. The van der Waals surface area contributed by atoms with Crippen molar-refractivity contribution in [3.63, 3.8) is 0 Å². The van der Waals surface area contributed by atoms with Crippen LogP contribution in [-0.2, 0) is 0 Å². The standard InChI is InChI=1S/C13H18N2S/c1-3-7-10(4-2)14-13-11-8-5-6-9-12(11)15-16-13/h5-6,8-10,14H,3-4,7H2,1-2H3. The molecular weight excluding hydrogens is 216 g/mol. The topological polar surface area (TPSA) is 24.9 Å². The van der Waals surface area contributed by atoms with E-state index < -0.39 is 0 Å². The number of fused-ring (bicyclic) bond motifs is 1. The van der Waals surface area contributed by atoms with Crippen molar-refractivity contribution < 1.29 is 0 Å². The number of hydrogen-bond donors (Lipinski definition) is 1. The van der Waals surface area contributed by atoms with E-state index in [9.17, 15) is 0 Å². The van der Waals surface area contributed by atoms with Gasteiger partial charge in [0.05, 0.1) is 5.52 Å². The largest absolute Gasteiger partial charge is 0.372 e. The summed E-state index contributed by atoms with van der Waals surface area (Å²) in [6.45, 7) is 4.46. The molecule has 2 aromatic rings. The van der Waals surface area contributed by atoms with Crippen LogP contribution in [0.25, 0.3) is 10.9 Å². The van der Waals surface area contributed by atoms with E-state index in [-0.39, 0.29) is 0 Å². The molecule has 2 rings (SSSR count). The summed E-state index contributed by atoms with van der Waals surface area (Å²) >= 11 is 1.57. The molecule has 0 bridgehead atoms. The molecule has 3 heteroatoms. The molecule has 1 heterocycles. The van der Waals surface area contributed by atoms with Crippen LogP contribution in [0.1, 0.15) is 33.1 Å². The third-order valence-electron chi connectivity index (χ3n) is 2.85. The molecule has 0 saturated carbocycles. The molecule has 0 fully saturated rings. The number of benzene rings is 1. The normalized spacial score (nSPS) is 12.9. The van der Waals surface area contributed by atoms with E-state index in [1.165, 1.54) is 29.6 Å². The van der Waals surface area contributed by atoms with E-state index in [0.717, 1.165) is 5.52 Å². The summed E-state index contributed by atoms with van der Waals surface area (Å²) in [5, 5.41) is 6.08. The third kappa shape index (κ3) is 2.35. The minimum atomic E-state index is 0.578. The van der Waals surface area contributed by atoms with E-state index in [0.29, 0.717) is 6.04 Å². The molecule has 2 nitrogen and oxygen atoms in total. The van der Waals surface area contributed by atoms with E-state index in [4.69, 9.17) is 0 Å². The van der Waals surface area contributed by atoms with Gasteiger partial charge in [0, 0.05) is 11.4 Å². The molecule has 0 amide bonds. The summed E-state index contributed by atoms with van der Waals surface area (Å²) in [7, 11) is 0. The van der Waals surface area contributed by atoms with Crippen LogP contribution in [0.4, 0.5) is 5.00 Å². The van der Waals surface area contributed by atoms with E-state index >= 15 is 0 Å². The lowest BCUT2D eigenvalue weighted by molar-refractivity contribution is 0.624. The molecule has 16 heavy (non-hydrogen) atoms. The summed E-state index contributed by atoms with van der Waals surface area (Å²) in [4.78, 5) is 0. The molecule has 0 spiro atoms. The van der Waals surface area contributed by atoms with Crippen molar-refractivity contribution in [3.8, 4) is 0 Å². The highest BCUT2D eigenvalue weighted by Crippen LogP contribution is 2.28. The van der Waals surface area contributed by atoms with Crippen molar-refractivity contribution in [2.24, 2.45) is 0 Å². The summed E-state index contributed by atoms with van der Waals surface area (Å²) in [5.41, 5.74) is 1.10. The van der Waals surface area contributed by atoms with Gasteiger partial charge < -0.3 is 5.32 Å². The van der Waals surface area contributed by atoms with Gasteiger partial charge in [-0.2, -0.15) is 4.37 Å². The maximum atomic E-state index is 4.45. The van der Waals surface area contributed by atoms with Gasteiger partial charge in [-0.05, 0) is 36.5 Å². The lowest BCUT2D eigenvalue weighted by atomic mass is 10.1. The third-order valence-corrected chi connectivity index (χ3v) is 3.66. The maximum Gasteiger partial charge on any atom is 0.117 e. The Kier molecular flexibility index (Phi) is 3.78. The predicted molar refractivity (Wildman–Crippen MR) is 72.2 cm³/mol. The number of nitrogens with one attached hydrogen (secondary N) is 1. The van der Waals surface area contributed by atoms with Crippen LogP contribution < -0.4 is 5.32 Å². The molecule has 0 aliphatic carbocycles. The molecule has 0 radical (unpaired) electrons. The van der Waals surface area contributed by atoms with Crippen LogP contribution in [0.15, 0.2) is 24.3 Å². The van der Waals surface area contributed by atoms with Crippen molar-refractivity contribution in [2.75, 3.05) is 5.32 Å². The number of anilines is 1. The fourth-order valence-electron chi connectivity index (χ4n) is 1.91. The Labute approximate surface area is 101 Å². The zero-order chi connectivity index (χ0) is 11.4. The zero-order valence-electron chi connectivity index (χ0n) is 9.86. The van der Waals surface area contributed by atoms with Gasteiger partial charge in [0.25, 0.3) is 0 Å². The second-order valence-corrected chi connectivity index (χ2v) is 4.84. The Morgan fingerprint density at radius 1 is 1.31 bits per heavy atom. The Bertz CT molecular complexity index is 450. The summed E-state index contributed by atoms with van der Waals surface area (Å²) < 4.78 is 4.45. The highest BCUT2D eigenvalue weighted by atomic mass is 32.1. The first-order chi connectivity index (χ1) is 7.85. The fraction of sp³-hybridized carbons (Fsp3) is 0.462. The summed E-state index contributed by atoms with van der Waals surface area (Å²) in [6, 6.07) is 8.89. The van der Waals surface area contributed by atoms with Gasteiger partial charge in [-0.15, -0.1) is 0 Å². The van der Waals surface area contributed by atoms with Crippen molar-refractivity contribution >= 4 is 27.4 Å². The van der Waals surface area contributed by atoms with Crippen LogP contribution in [-0.4, -0.2) is 10.4 Å². The Morgan fingerprint density at radius 3 is 2.88 bits per heavy atom. The first-order valence-corrected chi connectivity index (χ1v) is 6.73. The van der Waals surface area contributed by atoms with Gasteiger partial charge in [0.2, 0.25) is 0 Å². The maximum absolute atomic E-state index is 4.45. The molecule has 1 unspecified atom stereocenters. The molecule has 0 aliphatic rings. The van der Waals surface area contributed by atoms with Crippen LogP contribution in [0.2, 0.25) is 0 Å². The lowest BCUT2D eigenvalue weighted by Gasteiger charge is -2.15. The van der Waals surface area contributed by atoms with Crippen molar-refractivity contribution in [1.29, 1.82) is 0 Å². The highest BCUT2D eigenvalue weighted by Gasteiger charge is 2.09. The quantitative estimate of drug-likeness (QED) is 0.835. The number of aromatic nitrogens is 1. The molecule has 0 saturated heterocycles. The SMILES string of the molecule is CCCC(CC)Nc1snc2ccccc12. The Hall–Kier alpha value is -1.09.